The van der Waals surface area contributed by atoms with E-state index in [1.54, 1.807) is 33.4 Å². The van der Waals surface area contributed by atoms with Gasteiger partial charge in [-0.3, -0.25) is 9.79 Å². The zero-order valence-electron chi connectivity index (χ0n) is 19.3. The van der Waals surface area contributed by atoms with E-state index in [1.165, 1.54) is 17.7 Å². The molecule has 0 radical (unpaired) electrons. The number of ether oxygens (including phenoxy) is 2. The molecule has 0 saturated carbocycles. The predicted octanol–water partition coefficient (Wildman–Crippen LogP) is 3.49. The van der Waals surface area contributed by atoms with Crippen LogP contribution in [0, 0.1) is 5.82 Å². The van der Waals surface area contributed by atoms with Gasteiger partial charge in [0.25, 0.3) is 0 Å². The van der Waals surface area contributed by atoms with Crippen molar-refractivity contribution in [1.29, 1.82) is 0 Å². The molecule has 7 nitrogen and oxygen atoms in total. The first-order valence-electron chi connectivity index (χ1n) is 10.7. The van der Waals surface area contributed by atoms with Crippen LogP contribution in [0.25, 0.3) is 0 Å². The lowest BCUT2D eigenvalue weighted by molar-refractivity contribution is -0.132. The molecule has 3 rings (SSSR count). The lowest BCUT2D eigenvalue weighted by Crippen LogP contribution is -2.38. The molecular formula is C24H32FIN4O3. The Kier molecular flexibility index (Phi) is 10.7. The Morgan fingerprint density at radius 2 is 1.76 bits per heavy atom. The first-order valence-corrected chi connectivity index (χ1v) is 10.7. The highest BCUT2D eigenvalue weighted by molar-refractivity contribution is 14.0. The van der Waals surface area contributed by atoms with Crippen LogP contribution in [0.4, 0.5) is 4.39 Å². The highest BCUT2D eigenvalue weighted by Crippen LogP contribution is 2.33. The van der Waals surface area contributed by atoms with Gasteiger partial charge < -0.3 is 25.0 Å². The molecule has 0 unspecified atom stereocenters. The summed E-state index contributed by atoms with van der Waals surface area (Å²) >= 11 is 0. The van der Waals surface area contributed by atoms with Crippen molar-refractivity contribution in [2.45, 2.75) is 32.4 Å². The molecule has 2 aromatic rings. The number of hydrogen-bond donors (Lipinski definition) is 2. The van der Waals surface area contributed by atoms with Crippen LogP contribution in [0.1, 0.15) is 29.5 Å². The van der Waals surface area contributed by atoms with Gasteiger partial charge in [0.15, 0.2) is 17.5 Å². The molecule has 0 bridgehead atoms. The number of aliphatic imine (C=N–C) groups is 1. The molecule has 0 atom stereocenters. The molecule has 1 aliphatic heterocycles. The fraction of sp³-hybridized carbons (Fsp3) is 0.417. The Balaban J connectivity index is 0.00000385. The van der Waals surface area contributed by atoms with Crippen molar-refractivity contribution in [3.05, 3.63) is 58.9 Å². The Hall–Kier alpha value is -2.56. The fourth-order valence-electron chi connectivity index (χ4n) is 3.71. The Morgan fingerprint density at radius 3 is 2.39 bits per heavy atom. The van der Waals surface area contributed by atoms with Crippen LogP contribution >= 0.6 is 24.0 Å². The average Bonchev–Trinajstić information content (AvgIpc) is 2.83. The highest BCUT2D eigenvalue weighted by Gasteiger charge is 2.22. The molecule has 0 aromatic heterocycles. The Bertz CT molecular complexity index is 953. The maximum atomic E-state index is 13.0. The molecule has 9 heteroatoms. The van der Waals surface area contributed by atoms with E-state index in [4.69, 9.17) is 9.47 Å². The third-order valence-corrected chi connectivity index (χ3v) is 5.53. The van der Waals surface area contributed by atoms with Gasteiger partial charge in [0.1, 0.15) is 5.82 Å². The van der Waals surface area contributed by atoms with Crippen molar-refractivity contribution >= 4 is 35.8 Å². The largest absolute Gasteiger partial charge is 0.493 e. The van der Waals surface area contributed by atoms with Crippen LogP contribution in [0.2, 0.25) is 0 Å². The number of guanidine groups is 1. The molecule has 1 aliphatic rings. The summed E-state index contributed by atoms with van der Waals surface area (Å²) in [5, 5.41) is 6.40. The van der Waals surface area contributed by atoms with Gasteiger partial charge in [-0.1, -0.05) is 12.1 Å². The number of methoxy groups -OCH3 is 2. The van der Waals surface area contributed by atoms with Gasteiger partial charge in [0.05, 0.1) is 14.2 Å². The van der Waals surface area contributed by atoms with Gasteiger partial charge in [-0.05, 0) is 53.8 Å². The fourth-order valence-corrected chi connectivity index (χ4v) is 3.71. The van der Waals surface area contributed by atoms with E-state index in [-0.39, 0.29) is 35.7 Å². The average molecular weight is 570 g/mol. The summed E-state index contributed by atoms with van der Waals surface area (Å²) in [4.78, 5) is 18.8. The van der Waals surface area contributed by atoms with E-state index < -0.39 is 0 Å². The minimum atomic E-state index is -0.253. The Morgan fingerprint density at radius 1 is 1.09 bits per heavy atom. The number of amides is 1. The summed E-state index contributed by atoms with van der Waals surface area (Å²) in [6.45, 7) is 2.46. The minimum Gasteiger partial charge on any atom is -0.493 e. The molecule has 180 valence electrons. The van der Waals surface area contributed by atoms with E-state index in [0.29, 0.717) is 50.7 Å². The van der Waals surface area contributed by atoms with Gasteiger partial charge >= 0.3 is 0 Å². The highest BCUT2D eigenvalue weighted by atomic mass is 127. The Labute approximate surface area is 211 Å². The van der Waals surface area contributed by atoms with Crippen LogP contribution in [-0.2, 0) is 24.3 Å². The topological polar surface area (TPSA) is 75.2 Å². The molecule has 2 aromatic carbocycles. The molecule has 1 heterocycles. The SMILES string of the molecule is CN=C(NCCCC(=O)N1CCc2cc(OC)c(OC)cc2C1)NCc1ccc(F)cc1.I. The summed E-state index contributed by atoms with van der Waals surface area (Å²) in [5.74, 6) is 1.94. The number of rotatable bonds is 8. The van der Waals surface area contributed by atoms with Crippen LogP contribution in [0.5, 0.6) is 11.5 Å². The van der Waals surface area contributed by atoms with E-state index in [2.05, 4.69) is 15.6 Å². The minimum absolute atomic E-state index is 0. The number of nitrogens with one attached hydrogen (secondary N) is 2. The maximum Gasteiger partial charge on any atom is 0.222 e. The first-order chi connectivity index (χ1) is 15.5. The van der Waals surface area contributed by atoms with Crippen molar-refractivity contribution in [1.82, 2.24) is 15.5 Å². The molecule has 0 spiro atoms. The van der Waals surface area contributed by atoms with Crippen molar-refractivity contribution in [3.8, 4) is 11.5 Å². The number of benzene rings is 2. The molecule has 2 N–H and O–H groups in total. The third kappa shape index (κ3) is 7.48. The van der Waals surface area contributed by atoms with E-state index in [1.807, 2.05) is 17.0 Å². The van der Waals surface area contributed by atoms with Crippen LogP contribution in [0.3, 0.4) is 0 Å². The summed E-state index contributed by atoms with van der Waals surface area (Å²) in [5.41, 5.74) is 3.26. The number of carbonyl (C=O) groups excluding carboxylic acids is 1. The van der Waals surface area contributed by atoms with Gasteiger partial charge in [0.2, 0.25) is 5.91 Å². The molecule has 0 aliphatic carbocycles. The third-order valence-electron chi connectivity index (χ3n) is 5.53. The zero-order chi connectivity index (χ0) is 22.9. The van der Waals surface area contributed by atoms with E-state index in [0.717, 1.165) is 23.3 Å². The second kappa shape index (κ2) is 13.2. The molecule has 0 saturated heterocycles. The summed E-state index contributed by atoms with van der Waals surface area (Å²) in [6, 6.07) is 10.3. The number of hydrogen-bond acceptors (Lipinski definition) is 4. The van der Waals surface area contributed by atoms with Crippen molar-refractivity contribution in [2.24, 2.45) is 4.99 Å². The van der Waals surface area contributed by atoms with Gasteiger partial charge in [-0.2, -0.15) is 0 Å². The molecule has 33 heavy (non-hydrogen) atoms. The van der Waals surface area contributed by atoms with Crippen molar-refractivity contribution < 1.29 is 18.7 Å². The lowest BCUT2D eigenvalue weighted by Gasteiger charge is -2.29. The van der Waals surface area contributed by atoms with Crippen LogP contribution < -0.4 is 20.1 Å². The molecule has 0 fully saturated rings. The quantitative estimate of drug-likeness (QED) is 0.220. The number of fused-ring (bicyclic) bond motifs is 1. The monoisotopic (exact) mass is 570 g/mol. The second-order valence-electron chi connectivity index (χ2n) is 7.62. The summed E-state index contributed by atoms with van der Waals surface area (Å²) in [6.07, 6.45) is 1.97. The summed E-state index contributed by atoms with van der Waals surface area (Å²) in [7, 11) is 4.94. The van der Waals surface area contributed by atoms with Crippen LogP contribution in [0.15, 0.2) is 41.4 Å². The smallest absolute Gasteiger partial charge is 0.222 e. The number of halogens is 2. The number of carbonyl (C=O) groups is 1. The zero-order valence-corrected chi connectivity index (χ0v) is 21.6. The lowest BCUT2D eigenvalue weighted by atomic mass is 9.98. The maximum absolute atomic E-state index is 13.0. The van der Waals surface area contributed by atoms with E-state index in [9.17, 15) is 9.18 Å². The molecule has 1 amide bonds. The normalized spacial score (nSPS) is 13.0. The first kappa shape index (κ1) is 26.7. The second-order valence-corrected chi connectivity index (χ2v) is 7.62. The molecular weight excluding hydrogens is 538 g/mol. The van der Waals surface area contributed by atoms with Crippen molar-refractivity contribution in [2.75, 3.05) is 34.4 Å². The number of nitrogens with zero attached hydrogens (tertiary/aromatic N) is 2. The van der Waals surface area contributed by atoms with Crippen LogP contribution in [-0.4, -0.2) is 51.1 Å². The predicted molar refractivity (Wildman–Crippen MR) is 138 cm³/mol. The summed E-state index contributed by atoms with van der Waals surface area (Å²) < 4.78 is 23.8. The van der Waals surface area contributed by atoms with Crippen molar-refractivity contribution in [3.63, 3.8) is 0 Å². The van der Waals surface area contributed by atoms with Gasteiger partial charge in [-0.25, -0.2) is 4.39 Å². The van der Waals surface area contributed by atoms with E-state index >= 15 is 0 Å². The van der Waals surface area contributed by atoms with Gasteiger partial charge in [-0.15, -0.1) is 24.0 Å². The van der Waals surface area contributed by atoms with Gasteiger partial charge in [0, 0.05) is 39.6 Å². The standard InChI is InChI=1S/C24H31FN4O3.HI/c1-26-24(28-15-17-6-8-20(25)9-7-17)27-11-4-5-23(30)29-12-10-18-13-21(31-2)22(32-3)14-19(18)16-29;/h6-9,13-14H,4-5,10-12,15-16H2,1-3H3,(H2,26,27,28);1H.